The molecule has 0 saturated carbocycles. The van der Waals surface area contributed by atoms with E-state index in [2.05, 4.69) is 0 Å². The number of ether oxygens (including phenoxy) is 3. The van der Waals surface area contributed by atoms with Gasteiger partial charge in [-0.1, -0.05) is 30.3 Å². The minimum absolute atomic E-state index is 0.267. The van der Waals surface area contributed by atoms with Gasteiger partial charge in [0.05, 0.1) is 14.2 Å². The summed E-state index contributed by atoms with van der Waals surface area (Å²) in [5.74, 6) is 1.34. The molecule has 0 aliphatic carbocycles. The molecule has 24 heavy (non-hydrogen) atoms. The van der Waals surface area contributed by atoms with E-state index in [9.17, 15) is 4.79 Å². The van der Waals surface area contributed by atoms with Gasteiger partial charge in [0.15, 0.2) is 24.3 Å². The average molecular weight is 326 g/mol. The average Bonchev–Trinajstić information content (AvgIpc) is 2.65. The molecule has 0 aromatic heterocycles. The van der Waals surface area contributed by atoms with E-state index in [1.165, 1.54) is 0 Å². The molecular weight excluding hydrogens is 306 g/mol. The van der Waals surface area contributed by atoms with Crippen LogP contribution in [0.1, 0.15) is 16.7 Å². The molecule has 1 aliphatic rings. The molecule has 1 heterocycles. The molecule has 0 bridgehead atoms. The Kier molecular flexibility index (Phi) is 4.79. The van der Waals surface area contributed by atoms with Gasteiger partial charge in [-0.2, -0.15) is 4.79 Å². The highest BCUT2D eigenvalue weighted by atomic mass is 16.5. The van der Waals surface area contributed by atoms with Gasteiger partial charge in [-0.05, 0) is 23.3 Å². The summed E-state index contributed by atoms with van der Waals surface area (Å²) >= 11 is 0. The number of fused-ring (bicyclic) bond motifs is 1. The number of methoxy groups -OCH3 is 2. The predicted molar refractivity (Wildman–Crippen MR) is 90.2 cm³/mol. The molecule has 2 aromatic rings. The molecule has 124 valence electrons. The number of carbonyl (C=O) groups excluding carboxylic acids is 1. The highest BCUT2D eigenvalue weighted by molar-refractivity contribution is 5.84. The molecule has 1 amide bonds. The lowest BCUT2D eigenvalue weighted by Gasteiger charge is -2.14. The van der Waals surface area contributed by atoms with Crippen LogP contribution in [-0.4, -0.2) is 37.6 Å². The van der Waals surface area contributed by atoms with Gasteiger partial charge in [-0.25, -0.2) is 0 Å². The standard InChI is InChI=1S/C19H20NO4/c1-22-17-10-15-8-9-20(12-16(15)11-18(17)23-2)19(21)24-13-14-6-4-3-5-7-14/h3-7,10-12H,8-9,13H2,1-2H3/q+1. The molecule has 5 nitrogen and oxygen atoms in total. The van der Waals surface area contributed by atoms with Crippen LogP contribution in [0.3, 0.4) is 0 Å². The maximum Gasteiger partial charge on any atom is 0.596 e. The van der Waals surface area contributed by atoms with Crippen LogP contribution in [0.15, 0.2) is 42.5 Å². The fourth-order valence-electron chi connectivity index (χ4n) is 2.69. The van der Waals surface area contributed by atoms with E-state index in [0.717, 1.165) is 23.1 Å². The molecule has 0 spiro atoms. The summed E-state index contributed by atoms with van der Waals surface area (Å²) in [5.41, 5.74) is 3.03. The van der Waals surface area contributed by atoms with Crippen molar-refractivity contribution in [2.75, 3.05) is 20.8 Å². The SMILES string of the molecule is COc1cc2c(cc1OC)CC[N+](C(=O)OCc1ccccc1)=C2. The van der Waals surface area contributed by atoms with Crippen molar-refractivity contribution in [2.45, 2.75) is 13.0 Å². The lowest BCUT2D eigenvalue weighted by molar-refractivity contribution is -0.443. The number of amides is 1. The van der Waals surface area contributed by atoms with Crippen molar-refractivity contribution in [2.24, 2.45) is 0 Å². The van der Waals surface area contributed by atoms with Gasteiger partial charge in [-0.15, -0.1) is 4.58 Å². The number of hydrogen-bond acceptors (Lipinski definition) is 4. The Balaban J connectivity index is 1.76. The molecule has 2 aromatic carbocycles. The lowest BCUT2D eigenvalue weighted by atomic mass is 10.0. The van der Waals surface area contributed by atoms with Crippen molar-refractivity contribution < 1.29 is 23.6 Å². The number of rotatable bonds is 4. The predicted octanol–water partition coefficient (Wildman–Crippen LogP) is 3.03. The minimum atomic E-state index is -0.348. The van der Waals surface area contributed by atoms with E-state index >= 15 is 0 Å². The Bertz CT molecular complexity index is 768. The normalized spacial score (nSPS) is 12.8. The van der Waals surface area contributed by atoms with Crippen LogP contribution in [0.2, 0.25) is 0 Å². The second-order valence-corrected chi connectivity index (χ2v) is 5.52. The summed E-state index contributed by atoms with van der Waals surface area (Å²) in [6.45, 7) is 0.846. The third-order valence-corrected chi connectivity index (χ3v) is 4.00. The van der Waals surface area contributed by atoms with E-state index in [4.69, 9.17) is 14.2 Å². The van der Waals surface area contributed by atoms with Crippen LogP contribution in [0, 0.1) is 0 Å². The van der Waals surface area contributed by atoms with E-state index in [-0.39, 0.29) is 12.7 Å². The van der Waals surface area contributed by atoms with Crippen LogP contribution >= 0.6 is 0 Å². The first-order valence-corrected chi connectivity index (χ1v) is 7.78. The van der Waals surface area contributed by atoms with Crippen molar-refractivity contribution in [1.82, 2.24) is 0 Å². The fourth-order valence-corrected chi connectivity index (χ4v) is 2.69. The Hall–Kier alpha value is -2.82. The number of carbonyl (C=O) groups is 1. The van der Waals surface area contributed by atoms with Gasteiger partial charge in [-0.3, -0.25) is 0 Å². The number of benzene rings is 2. The van der Waals surface area contributed by atoms with Gasteiger partial charge in [0.1, 0.15) is 6.61 Å². The van der Waals surface area contributed by atoms with Crippen LogP contribution in [0.4, 0.5) is 4.79 Å². The lowest BCUT2D eigenvalue weighted by Crippen LogP contribution is -2.29. The van der Waals surface area contributed by atoms with Crippen molar-refractivity contribution in [3.05, 3.63) is 59.2 Å². The Morgan fingerprint density at radius 1 is 1.08 bits per heavy atom. The maximum atomic E-state index is 12.3. The zero-order valence-corrected chi connectivity index (χ0v) is 13.8. The molecule has 1 aliphatic heterocycles. The summed E-state index contributed by atoms with van der Waals surface area (Å²) in [5, 5.41) is 0. The molecule has 0 saturated heterocycles. The van der Waals surface area contributed by atoms with Crippen LogP contribution in [-0.2, 0) is 17.8 Å². The minimum Gasteiger partial charge on any atom is -0.493 e. The summed E-state index contributed by atoms with van der Waals surface area (Å²) in [7, 11) is 3.21. The van der Waals surface area contributed by atoms with Crippen molar-refractivity contribution in [3.8, 4) is 11.5 Å². The molecule has 0 fully saturated rings. The van der Waals surface area contributed by atoms with Crippen molar-refractivity contribution >= 4 is 12.3 Å². The van der Waals surface area contributed by atoms with Gasteiger partial charge in [0, 0.05) is 12.0 Å². The highest BCUT2D eigenvalue weighted by Gasteiger charge is 2.26. The second-order valence-electron chi connectivity index (χ2n) is 5.52. The third kappa shape index (κ3) is 3.40. The monoisotopic (exact) mass is 326 g/mol. The third-order valence-electron chi connectivity index (χ3n) is 4.00. The quantitative estimate of drug-likeness (QED) is 0.810. The zero-order chi connectivity index (χ0) is 16.9. The van der Waals surface area contributed by atoms with Gasteiger partial charge < -0.3 is 14.2 Å². The fraction of sp³-hybridized carbons (Fsp3) is 0.263. The first kappa shape index (κ1) is 16.1. The van der Waals surface area contributed by atoms with Crippen LogP contribution < -0.4 is 9.47 Å². The molecule has 3 rings (SSSR count). The smallest absolute Gasteiger partial charge is 0.493 e. The number of hydrogen-bond donors (Lipinski definition) is 0. The molecule has 0 atom stereocenters. The molecule has 5 heteroatoms. The van der Waals surface area contributed by atoms with E-state index in [1.807, 2.05) is 42.5 Å². The van der Waals surface area contributed by atoms with Crippen LogP contribution in [0.25, 0.3) is 0 Å². The molecular formula is C19H20NO4+. The number of nitrogens with zero attached hydrogens (tertiary/aromatic N) is 1. The Morgan fingerprint density at radius 3 is 2.50 bits per heavy atom. The maximum absolute atomic E-state index is 12.3. The van der Waals surface area contributed by atoms with Gasteiger partial charge in [0.25, 0.3) is 0 Å². The molecule has 0 radical (unpaired) electrons. The molecule has 0 N–H and O–H groups in total. The van der Waals surface area contributed by atoms with E-state index in [0.29, 0.717) is 18.0 Å². The summed E-state index contributed by atoms with van der Waals surface area (Å²) < 4.78 is 17.6. The first-order valence-electron chi connectivity index (χ1n) is 7.78. The van der Waals surface area contributed by atoms with Gasteiger partial charge >= 0.3 is 6.09 Å². The summed E-state index contributed by atoms with van der Waals surface area (Å²) in [4.78, 5) is 12.3. The summed E-state index contributed by atoms with van der Waals surface area (Å²) in [6, 6.07) is 13.5. The van der Waals surface area contributed by atoms with Crippen LogP contribution in [0.5, 0.6) is 11.5 Å². The van der Waals surface area contributed by atoms with E-state index in [1.54, 1.807) is 25.0 Å². The van der Waals surface area contributed by atoms with Crippen molar-refractivity contribution in [3.63, 3.8) is 0 Å². The zero-order valence-electron chi connectivity index (χ0n) is 13.8. The summed E-state index contributed by atoms with van der Waals surface area (Å²) in [6.07, 6.45) is 2.19. The van der Waals surface area contributed by atoms with Gasteiger partial charge in [0.2, 0.25) is 0 Å². The second kappa shape index (κ2) is 7.17. The Labute approximate surface area is 141 Å². The Morgan fingerprint density at radius 2 is 1.79 bits per heavy atom. The first-order chi connectivity index (χ1) is 11.7. The highest BCUT2D eigenvalue weighted by Crippen LogP contribution is 2.31. The largest absolute Gasteiger partial charge is 0.596 e. The molecule has 0 unspecified atom stereocenters. The topological polar surface area (TPSA) is 47.8 Å². The van der Waals surface area contributed by atoms with Crippen molar-refractivity contribution in [1.29, 1.82) is 0 Å². The van der Waals surface area contributed by atoms with E-state index < -0.39 is 0 Å².